The van der Waals surface area contributed by atoms with Crippen LogP contribution in [0.5, 0.6) is 5.75 Å². The first-order chi connectivity index (χ1) is 9.85. The van der Waals surface area contributed by atoms with E-state index in [0.717, 1.165) is 24.4 Å². The number of ether oxygens (including phenoxy) is 1. The van der Waals surface area contributed by atoms with Crippen LogP contribution in [0, 0.1) is 0 Å². The number of nitrogens with zero attached hydrogens (tertiary/aromatic N) is 1. The maximum atomic E-state index is 5.45. The second kappa shape index (κ2) is 6.06. The molecule has 1 aliphatic carbocycles. The van der Waals surface area contributed by atoms with E-state index in [1.54, 1.807) is 7.11 Å². The van der Waals surface area contributed by atoms with Crippen molar-refractivity contribution in [3.63, 3.8) is 0 Å². The van der Waals surface area contributed by atoms with Crippen molar-refractivity contribution in [3.05, 3.63) is 59.4 Å². The third-order valence-electron chi connectivity index (χ3n) is 3.61. The Morgan fingerprint density at radius 3 is 2.85 bits per heavy atom. The lowest BCUT2D eigenvalue weighted by Crippen LogP contribution is -2.16. The van der Waals surface area contributed by atoms with Crippen molar-refractivity contribution in [1.29, 1.82) is 0 Å². The van der Waals surface area contributed by atoms with Gasteiger partial charge in [0.15, 0.2) is 0 Å². The highest BCUT2D eigenvalue weighted by Crippen LogP contribution is 2.24. The van der Waals surface area contributed by atoms with Crippen molar-refractivity contribution in [2.75, 3.05) is 7.11 Å². The molecule has 3 rings (SSSR count). The molecular formula is C17H20N2O. The molecule has 1 saturated carbocycles. The van der Waals surface area contributed by atoms with Crippen LogP contribution in [0.25, 0.3) is 0 Å². The van der Waals surface area contributed by atoms with Gasteiger partial charge in [-0.3, -0.25) is 4.98 Å². The summed E-state index contributed by atoms with van der Waals surface area (Å²) in [4.78, 5) is 4.38. The molecule has 0 atom stereocenters. The number of rotatable bonds is 6. The number of nitrogens with one attached hydrogen (secondary N) is 1. The summed E-state index contributed by atoms with van der Waals surface area (Å²) in [6, 6.07) is 13.1. The van der Waals surface area contributed by atoms with E-state index in [4.69, 9.17) is 4.74 Å². The molecule has 0 unspecified atom stereocenters. The molecule has 0 amide bonds. The van der Waals surface area contributed by atoms with Crippen molar-refractivity contribution in [1.82, 2.24) is 10.3 Å². The van der Waals surface area contributed by atoms with Crippen LogP contribution in [-0.2, 0) is 13.0 Å². The molecular weight excluding hydrogens is 248 g/mol. The first kappa shape index (κ1) is 13.1. The number of methoxy groups -OCH3 is 1. The van der Waals surface area contributed by atoms with E-state index < -0.39 is 0 Å². The molecule has 0 radical (unpaired) electrons. The minimum absolute atomic E-state index is 0.708. The van der Waals surface area contributed by atoms with E-state index in [2.05, 4.69) is 34.6 Å². The molecule has 2 aromatic rings. The highest BCUT2D eigenvalue weighted by Gasteiger charge is 2.20. The molecule has 20 heavy (non-hydrogen) atoms. The summed E-state index contributed by atoms with van der Waals surface area (Å²) >= 11 is 0. The number of hydrogen-bond acceptors (Lipinski definition) is 3. The van der Waals surface area contributed by atoms with Crippen LogP contribution in [0.2, 0.25) is 0 Å². The molecule has 1 fully saturated rings. The predicted octanol–water partition coefficient (Wildman–Crippen LogP) is 2.93. The molecule has 1 aliphatic rings. The molecule has 0 bridgehead atoms. The van der Waals surface area contributed by atoms with Crippen molar-refractivity contribution in [3.8, 4) is 5.75 Å². The zero-order valence-electron chi connectivity index (χ0n) is 11.8. The zero-order valence-corrected chi connectivity index (χ0v) is 11.8. The molecule has 0 saturated heterocycles. The summed E-state index contributed by atoms with van der Waals surface area (Å²) in [5.74, 6) is 0.961. The summed E-state index contributed by atoms with van der Waals surface area (Å²) < 4.78 is 5.45. The first-order valence-corrected chi connectivity index (χ1v) is 7.14. The normalized spacial score (nSPS) is 14.2. The van der Waals surface area contributed by atoms with Crippen LogP contribution < -0.4 is 10.1 Å². The van der Waals surface area contributed by atoms with Gasteiger partial charge in [0.2, 0.25) is 0 Å². The van der Waals surface area contributed by atoms with Gasteiger partial charge in [-0.2, -0.15) is 0 Å². The summed E-state index contributed by atoms with van der Waals surface area (Å²) in [6.45, 7) is 0.879. The molecule has 1 aromatic heterocycles. The van der Waals surface area contributed by atoms with Gasteiger partial charge in [0, 0.05) is 36.5 Å². The molecule has 104 valence electrons. The predicted molar refractivity (Wildman–Crippen MR) is 79.9 cm³/mol. The summed E-state index contributed by atoms with van der Waals surface area (Å²) in [7, 11) is 1.73. The number of benzene rings is 1. The lowest BCUT2D eigenvalue weighted by atomic mass is 10.0. The number of aromatic nitrogens is 1. The Morgan fingerprint density at radius 1 is 1.25 bits per heavy atom. The highest BCUT2D eigenvalue weighted by molar-refractivity contribution is 5.38. The second-order valence-corrected chi connectivity index (χ2v) is 5.30. The van der Waals surface area contributed by atoms with Gasteiger partial charge in [-0.15, -0.1) is 0 Å². The number of pyridine rings is 1. The van der Waals surface area contributed by atoms with Gasteiger partial charge in [0.05, 0.1) is 7.11 Å². The Labute approximate surface area is 120 Å². The molecule has 0 spiro atoms. The standard InChI is InChI=1S/C17H20N2O/c1-20-17-8-5-13(11-16-4-2-3-9-18-16)10-14(17)12-19-15-6-7-15/h2-5,8-10,15,19H,6-7,11-12H2,1H3. The monoisotopic (exact) mass is 268 g/mol. The molecule has 1 aromatic carbocycles. The summed E-state index contributed by atoms with van der Waals surface area (Å²) in [5, 5.41) is 3.54. The number of hydrogen-bond donors (Lipinski definition) is 1. The topological polar surface area (TPSA) is 34.1 Å². The van der Waals surface area contributed by atoms with Gasteiger partial charge in [0.25, 0.3) is 0 Å². The fourth-order valence-corrected chi connectivity index (χ4v) is 2.33. The summed E-state index contributed by atoms with van der Waals surface area (Å²) in [5.41, 5.74) is 3.60. The Bertz CT molecular complexity index is 564. The summed E-state index contributed by atoms with van der Waals surface area (Å²) in [6.07, 6.45) is 5.31. The fourth-order valence-electron chi connectivity index (χ4n) is 2.33. The van der Waals surface area contributed by atoms with E-state index >= 15 is 0 Å². The minimum Gasteiger partial charge on any atom is -0.496 e. The van der Waals surface area contributed by atoms with Gasteiger partial charge >= 0.3 is 0 Å². The first-order valence-electron chi connectivity index (χ1n) is 7.14. The lowest BCUT2D eigenvalue weighted by molar-refractivity contribution is 0.407. The SMILES string of the molecule is COc1ccc(Cc2ccccn2)cc1CNC1CC1. The van der Waals surface area contributed by atoms with Crippen LogP contribution in [0.3, 0.4) is 0 Å². The van der Waals surface area contributed by atoms with Crippen molar-refractivity contribution in [2.45, 2.75) is 31.8 Å². The van der Waals surface area contributed by atoms with Crippen LogP contribution in [0.4, 0.5) is 0 Å². The third kappa shape index (κ3) is 3.36. The van der Waals surface area contributed by atoms with E-state index in [1.807, 2.05) is 18.3 Å². The van der Waals surface area contributed by atoms with Gasteiger partial charge in [-0.05, 0) is 36.6 Å². The van der Waals surface area contributed by atoms with E-state index in [9.17, 15) is 0 Å². The lowest BCUT2D eigenvalue weighted by Gasteiger charge is -2.11. The van der Waals surface area contributed by atoms with Crippen molar-refractivity contribution < 1.29 is 4.74 Å². The van der Waals surface area contributed by atoms with Gasteiger partial charge in [-0.25, -0.2) is 0 Å². The quantitative estimate of drug-likeness (QED) is 0.874. The molecule has 0 aliphatic heterocycles. The Balaban J connectivity index is 1.75. The van der Waals surface area contributed by atoms with Crippen LogP contribution >= 0.6 is 0 Å². The maximum absolute atomic E-state index is 5.45. The van der Waals surface area contributed by atoms with Crippen LogP contribution in [-0.4, -0.2) is 18.1 Å². The average molecular weight is 268 g/mol. The smallest absolute Gasteiger partial charge is 0.123 e. The maximum Gasteiger partial charge on any atom is 0.123 e. The Hall–Kier alpha value is -1.87. The second-order valence-electron chi connectivity index (χ2n) is 5.30. The molecule has 3 heteroatoms. The molecule has 3 nitrogen and oxygen atoms in total. The Morgan fingerprint density at radius 2 is 2.15 bits per heavy atom. The van der Waals surface area contributed by atoms with Crippen molar-refractivity contribution in [2.24, 2.45) is 0 Å². The van der Waals surface area contributed by atoms with E-state index in [0.29, 0.717) is 6.04 Å². The van der Waals surface area contributed by atoms with Crippen LogP contribution in [0.1, 0.15) is 29.7 Å². The van der Waals surface area contributed by atoms with Crippen molar-refractivity contribution >= 4 is 0 Å². The third-order valence-corrected chi connectivity index (χ3v) is 3.61. The molecule has 1 N–H and O–H groups in total. The fraction of sp³-hybridized carbons (Fsp3) is 0.353. The molecule has 1 heterocycles. The van der Waals surface area contributed by atoms with E-state index in [-0.39, 0.29) is 0 Å². The average Bonchev–Trinajstić information content (AvgIpc) is 3.31. The van der Waals surface area contributed by atoms with Gasteiger partial charge in [-0.1, -0.05) is 18.2 Å². The largest absolute Gasteiger partial charge is 0.496 e. The minimum atomic E-state index is 0.708. The Kier molecular flexibility index (Phi) is 3.97. The highest BCUT2D eigenvalue weighted by atomic mass is 16.5. The van der Waals surface area contributed by atoms with Gasteiger partial charge < -0.3 is 10.1 Å². The van der Waals surface area contributed by atoms with E-state index in [1.165, 1.54) is 24.0 Å². The van der Waals surface area contributed by atoms with Gasteiger partial charge in [0.1, 0.15) is 5.75 Å². The zero-order chi connectivity index (χ0) is 13.8. The van der Waals surface area contributed by atoms with Crippen LogP contribution in [0.15, 0.2) is 42.6 Å².